The van der Waals surface area contributed by atoms with Crippen LogP contribution in [-0.2, 0) is 11.2 Å². The molecular weight excluding hydrogens is 827 g/mol. The highest BCUT2D eigenvalue weighted by Crippen LogP contribution is 2.36. The Balaban J connectivity index is 0.000000134. The fourth-order valence-corrected chi connectivity index (χ4v) is 13.0. The lowest BCUT2D eigenvalue weighted by Crippen LogP contribution is -2.52. The third-order valence-corrected chi connectivity index (χ3v) is 17.1. The second kappa shape index (κ2) is 26.6. The number of amides is 1. The highest BCUT2D eigenvalue weighted by Gasteiger charge is 2.42. The summed E-state index contributed by atoms with van der Waals surface area (Å²) in [7, 11) is 0. The van der Waals surface area contributed by atoms with Gasteiger partial charge in [-0.3, -0.25) is 39.1 Å². The van der Waals surface area contributed by atoms with Crippen molar-refractivity contribution in [2.75, 3.05) is 83.7 Å². The van der Waals surface area contributed by atoms with Gasteiger partial charge in [0, 0.05) is 99.8 Å². The molecule has 10 heteroatoms. The predicted octanol–water partition coefficient (Wildman–Crippen LogP) is 9.92. The third kappa shape index (κ3) is 15.4. The number of para-hydroxylation sites is 1. The first-order valence-corrected chi connectivity index (χ1v) is 28.5. The van der Waals surface area contributed by atoms with Gasteiger partial charge in [0.2, 0.25) is 5.91 Å². The van der Waals surface area contributed by atoms with Crippen LogP contribution in [0.4, 0.5) is 5.69 Å². The average molecular weight is 933 g/mol. The minimum Gasteiger partial charge on any atom is -0.369 e. The third-order valence-electron chi connectivity index (χ3n) is 17.1. The number of fused-ring (bicyclic) bond motifs is 5. The van der Waals surface area contributed by atoms with Crippen molar-refractivity contribution in [3.63, 3.8) is 0 Å². The molecule has 9 aliphatic heterocycles. The molecule has 384 valence electrons. The molecule has 10 nitrogen and oxygen atoms in total. The maximum atomic E-state index is 11.7. The summed E-state index contributed by atoms with van der Waals surface area (Å²) in [6.07, 6.45) is 21.6. The number of anilines is 1. The van der Waals surface area contributed by atoms with Crippen molar-refractivity contribution in [3.8, 4) is 0 Å². The zero-order valence-corrected chi connectivity index (χ0v) is 45.7. The molecule has 0 radical (unpaired) electrons. The van der Waals surface area contributed by atoms with Gasteiger partial charge in [-0.15, -0.1) is 0 Å². The fourth-order valence-electron chi connectivity index (χ4n) is 13.0. The first-order chi connectivity index (χ1) is 32.1. The van der Waals surface area contributed by atoms with Crippen molar-refractivity contribution >= 4 is 11.6 Å². The number of piperidine rings is 1. The molecule has 0 spiro atoms. The Labute approximate surface area is 413 Å². The molecule has 1 saturated carbocycles. The molecule has 5 unspecified atom stereocenters. The van der Waals surface area contributed by atoms with Crippen LogP contribution in [0.25, 0.3) is 0 Å². The van der Waals surface area contributed by atoms with Crippen LogP contribution < -0.4 is 4.90 Å². The van der Waals surface area contributed by atoms with Crippen LogP contribution in [-0.4, -0.2) is 184 Å². The summed E-state index contributed by atoms with van der Waals surface area (Å²) in [4.78, 5) is 34.2. The summed E-state index contributed by atoms with van der Waals surface area (Å²) in [5.41, 5.74) is 2.96. The predicted molar refractivity (Wildman–Crippen MR) is 285 cm³/mol. The molecule has 1 aliphatic carbocycles. The van der Waals surface area contributed by atoms with Crippen LogP contribution in [0, 0.1) is 5.92 Å². The number of likely N-dealkylation sites (tertiary alicyclic amines) is 1. The van der Waals surface area contributed by atoms with Gasteiger partial charge in [0.05, 0.1) is 25.5 Å². The molecular formula is C57H105N9O. The summed E-state index contributed by atoms with van der Waals surface area (Å²) in [5.74, 6) is 1.40. The van der Waals surface area contributed by atoms with E-state index in [-0.39, 0.29) is 6.04 Å². The first-order valence-electron chi connectivity index (χ1n) is 28.5. The normalized spacial score (nSPS) is 29.0. The van der Waals surface area contributed by atoms with Crippen LogP contribution in [0.3, 0.4) is 0 Å². The largest absolute Gasteiger partial charge is 0.369 e. The number of benzene rings is 1. The molecule has 10 aliphatic rings. The Morgan fingerprint density at radius 3 is 1.70 bits per heavy atom. The van der Waals surface area contributed by atoms with Gasteiger partial charge in [-0.1, -0.05) is 31.0 Å². The second-order valence-electron chi connectivity index (χ2n) is 23.7. The van der Waals surface area contributed by atoms with E-state index in [1.165, 1.54) is 167 Å². The Hall–Kier alpha value is -1.79. The Kier molecular flexibility index (Phi) is 21.7. The maximum Gasteiger partial charge on any atom is 0.241 e. The van der Waals surface area contributed by atoms with E-state index in [4.69, 9.17) is 0 Å². The zero-order valence-electron chi connectivity index (χ0n) is 45.7. The van der Waals surface area contributed by atoms with Gasteiger partial charge < -0.3 is 9.80 Å². The molecule has 0 bridgehead atoms. The van der Waals surface area contributed by atoms with Crippen LogP contribution in [0.15, 0.2) is 24.3 Å². The number of carbonyl (C=O) groups excluding carboxylic acids is 1. The van der Waals surface area contributed by atoms with Crippen molar-refractivity contribution in [1.82, 2.24) is 39.2 Å². The standard InChI is InChI=1S/C12H23N.C12H17N.C10H20N2.C9H16N2O.C9H18N2.C5H11N/c2*1-10(2)13-9-5-7-11-6-3-4-8-12(11)13;1-9(2)12-8-4-7-11-6-3-5-10(11)12;1-7(2)11-6-10-5-3-4-8(10)9(11)12;1-8(2)11-6-9-4-3-5-10(9)7-11;1-5(2)6-3-4-6/h10-12H,3-9H2,1-2H3;3-4,6,8,10H,5,7,9H2,1-2H3;9-10H,3-8H2,1-2H3;7-8H,3-6H2,1-2H3;8-9H,3-7H2,1-2H3;5H,3-4H2,1-2H3. The summed E-state index contributed by atoms with van der Waals surface area (Å²) in [6, 6.07) is 14.9. The lowest BCUT2D eigenvalue weighted by atomic mass is 9.78. The van der Waals surface area contributed by atoms with Gasteiger partial charge in [0.15, 0.2) is 0 Å². The summed E-state index contributed by atoms with van der Waals surface area (Å²) in [5, 5.41) is 0. The van der Waals surface area contributed by atoms with E-state index < -0.39 is 0 Å². The van der Waals surface area contributed by atoms with E-state index in [9.17, 15) is 4.79 Å². The number of rotatable bonds is 6. The number of carbonyl (C=O) groups is 1. The van der Waals surface area contributed by atoms with Gasteiger partial charge in [-0.05, 0) is 204 Å². The maximum absolute atomic E-state index is 11.7. The molecule has 1 aromatic rings. The fraction of sp³-hybridized carbons (Fsp3) is 0.877. The first kappa shape index (κ1) is 54.5. The van der Waals surface area contributed by atoms with E-state index in [1.807, 2.05) is 4.90 Å². The lowest BCUT2D eigenvalue weighted by molar-refractivity contribution is -0.130. The highest BCUT2D eigenvalue weighted by molar-refractivity contribution is 5.84. The molecule has 8 saturated heterocycles. The van der Waals surface area contributed by atoms with Crippen LogP contribution in [0.2, 0.25) is 0 Å². The Morgan fingerprint density at radius 2 is 1.06 bits per heavy atom. The van der Waals surface area contributed by atoms with Gasteiger partial charge >= 0.3 is 0 Å². The topological polar surface area (TPSA) is 46.0 Å². The minimum atomic E-state index is 0.229. The summed E-state index contributed by atoms with van der Waals surface area (Å²) >= 11 is 0. The van der Waals surface area contributed by atoms with Crippen molar-refractivity contribution < 1.29 is 4.79 Å². The number of hydrogen-bond acceptors (Lipinski definition) is 9. The smallest absolute Gasteiger partial charge is 0.241 e. The van der Waals surface area contributed by atoms with Crippen LogP contribution in [0.1, 0.15) is 179 Å². The molecule has 9 fully saturated rings. The minimum absolute atomic E-state index is 0.229. The van der Waals surface area contributed by atoms with Crippen molar-refractivity contribution in [2.24, 2.45) is 5.92 Å². The van der Waals surface area contributed by atoms with Gasteiger partial charge in [-0.2, -0.15) is 0 Å². The molecule has 67 heavy (non-hydrogen) atoms. The van der Waals surface area contributed by atoms with Crippen molar-refractivity contribution in [1.29, 1.82) is 0 Å². The van der Waals surface area contributed by atoms with E-state index in [2.05, 4.69) is 147 Å². The Morgan fingerprint density at radius 1 is 0.463 bits per heavy atom. The summed E-state index contributed by atoms with van der Waals surface area (Å²) in [6.45, 7) is 42.2. The molecule has 11 rings (SSSR count). The van der Waals surface area contributed by atoms with Crippen molar-refractivity contribution in [3.05, 3.63) is 29.8 Å². The SMILES string of the molecule is CC(C)N1CC1.CC(C)N1CC2CCCN2C1.CC(C)N1CCCC2CCCCC21.CC(C)N1CCCN2CCCC21.CC(C)N1CCCc2ccccc21.CC(C)N1CN2CCCC2C1=O. The monoisotopic (exact) mass is 932 g/mol. The number of aryl methyl sites for hydroxylation is 1. The quantitative estimate of drug-likeness (QED) is 0.260. The molecule has 1 aromatic carbocycles. The van der Waals surface area contributed by atoms with Crippen LogP contribution in [0.5, 0.6) is 0 Å². The van der Waals surface area contributed by atoms with Gasteiger partial charge in [0.1, 0.15) is 0 Å². The summed E-state index contributed by atoms with van der Waals surface area (Å²) < 4.78 is 0. The zero-order chi connectivity index (χ0) is 48.2. The molecule has 0 N–H and O–H groups in total. The number of nitrogens with zero attached hydrogens (tertiary/aromatic N) is 9. The Bertz CT molecular complexity index is 1570. The average Bonchev–Trinajstić information content (AvgIpc) is 3.73. The van der Waals surface area contributed by atoms with E-state index in [0.717, 1.165) is 68.0 Å². The van der Waals surface area contributed by atoms with Gasteiger partial charge in [0.25, 0.3) is 0 Å². The highest BCUT2D eigenvalue weighted by atomic mass is 16.2. The lowest BCUT2D eigenvalue weighted by Gasteiger charge is -2.46. The van der Waals surface area contributed by atoms with Crippen LogP contribution >= 0.6 is 0 Å². The van der Waals surface area contributed by atoms with Gasteiger partial charge in [-0.25, -0.2) is 0 Å². The molecule has 1 amide bonds. The molecule has 9 heterocycles. The second-order valence-corrected chi connectivity index (χ2v) is 23.7. The number of hydrogen-bond donors (Lipinski definition) is 0. The van der Waals surface area contributed by atoms with E-state index >= 15 is 0 Å². The van der Waals surface area contributed by atoms with Crippen molar-refractivity contribution in [2.45, 2.75) is 240 Å². The van der Waals surface area contributed by atoms with E-state index in [0.29, 0.717) is 18.0 Å². The molecule has 5 atom stereocenters. The van der Waals surface area contributed by atoms with E-state index in [1.54, 1.807) is 0 Å². The molecule has 0 aromatic heterocycles.